The van der Waals surface area contributed by atoms with E-state index in [-0.39, 0.29) is 11.5 Å². The van der Waals surface area contributed by atoms with Gasteiger partial charge in [-0.15, -0.1) is 0 Å². The fourth-order valence-electron chi connectivity index (χ4n) is 1.89. The van der Waals surface area contributed by atoms with Crippen LogP contribution in [0.15, 0.2) is 36.5 Å². The second kappa shape index (κ2) is 5.23. The van der Waals surface area contributed by atoms with Crippen molar-refractivity contribution in [3.63, 3.8) is 0 Å². The zero-order valence-corrected chi connectivity index (χ0v) is 10.0. The Balaban J connectivity index is 2.21. The van der Waals surface area contributed by atoms with Crippen LogP contribution in [0.2, 0.25) is 0 Å². The zero-order valence-electron chi connectivity index (χ0n) is 10.0. The van der Waals surface area contributed by atoms with Gasteiger partial charge in [-0.25, -0.2) is 8.78 Å². The standard InChI is InChI=1S/C14H14F2N2/c1-9-7-11(15)5-4-10(9)8-13(17)14-12(16)3-2-6-18-14/h2-7,13H,8,17H2,1H3. The molecular formula is C14H14F2N2. The molecule has 0 aliphatic carbocycles. The van der Waals surface area contributed by atoms with Gasteiger partial charge in [0.25, 0.3) is 0 Å². The normalized spacial score (nSPS) is 12.4. The smallest absolute Gasteiger partial charge is 0.146 e. The Kier molecular flexibility index (Phi) is 3.67. The largest absolute Gasteiger partial charge is 0.322 e. The van der Waals surface area contributed by atoms with E-state index in [2.05, 4.69) is 4.98 Å². The van der Waals surface area contributed by atoms with Crippen molar-refractivity contribution in [1.82, 2.24) is 4.98 Å². The maximum Gasteiger partial charge on any atom is 0.146 e. The summed E-state index contributed by atoms with van der Waals surface area (Å²) >= 11 is 0. The minimum absolute atomic E-state index is 0.237. The van der Waals surface area contributed by atoms with Crippen LogP contribution >= 0.6 is 0 Å². The highest BCUT2D eigenvalue weighted by Crippen LogP contribution is 2.19. The SMILES string of the molecule is Cc1cc(F)ccc1CC(N)c1ncccc1F. The lowest BCUT2D eigenvalue weighted by molar-refractivity contribution is 0.562. The third-order valence-corrected chi connectivity index (χ3v) is 2.88. The first-order valence-corrected chi connectivity index (χ1v) is 5.69. The summed E-state index contributed by atoms with van der Waals surface area (Å²) in [5.74, 6) is -0.696. The van der Waals surface area contributed by atoms with Gasteiger partial charge in [-0.2, -0.15) is 0 Å². The number of aryl methyl sites for hydroxylation is 1. The fraction of sp³-hybridized carbons (Fsp3) is 0.214. The van der Waals surface area contributed by atoms with Crippen LogP contribution in [0.1, 0.15) is 22.9 Å². The molecular weight excluding hydrogens is 234 g/mol. The summed E-state index contributed by atoms with van der Waals surface area (Å²) in [6, 6.07) is 6.82. The van der Waals surface area contributed by atoms with Gasteiger partial charge in [0.2, 0.25) is 0 Å². The van der Waals surface area contributed by atoms with Gasteiger partial charge in [-0.3, -0.25) is 4.98 Å². The Bertz CT molecular complexity index is 555. The van der Waals surface area contributed by atoms with Crippen molar-refractivity contribution in [2.24, 2.45) is 5.73 Å². The molecule has 18 heavy (non-hydrogen) atoms. The molecule has 2 N–H and O–H groups in total. The van der Waals surface area contributed by atoms with Gasteiger partial charge in [-0.1, -0.05) is 6.07 Å². The van der Waals surface area contributed by atoms with Gasteiger partial charge in [-0.05, 0) is 48.7 Å². The molecule has 0 saturated carbocycles. The highest BCUT2D eigenvalue weighted by atomic mass is 19.1. The first-order chi connectivity index (χ1) is 8.58. The van der Waals surface area contributed by atoms with Crippen LogP contribution in [0, 0.1) is 18.6 Å². The van der Waals surface area contributed by atoms with Gasteiger partial charge in [0.05, 0.1) is 11.7 Å². The van der Waals surface area contributed by atoms with Crippen molar-refractivity contribution < 1.29 is 8.78 Å². The third kappa shape index (κ3) is 2.71. The molecule has 2 nitrogen and oxygen atoms in total. The number of aromatic nitrogens is 1. The molecule has 4 heteroatoms. The minimum Gasteiger partial charge on any atom is -0.322 e. The molecule has 0 bridgehead atoms. The second-order valence-corrected chi connectivity index (χ2v) is 4.25. The van der Waals surface area contributed by atoms with Crippen LogP contribution in [-0.4, -0.2) is 4.98 Å². The third-order valence-electron chi connectivity index (χ3n) is 2.88. The Hall–Kier alpha value is -1.81. The zero-order chi connectivity index (χ0) is 13.1. The molecule has 2 aromatic rings. The van der Waals surface area contributed by atoms with E-state index in [4.69, 9.17) is 5.73 Å². The summed E-state index contributed by atoms with van der Waals surface area (Å²) in [5, 5.41) is 0. The van der Waals surface area contributed by atoms with Crippen LogP contribution in [0.5, 0.6) is 0 Å². The molecule has 0 saturated heterocycles. The van der Waals surface area contributed by atoms with Crippen molar-refractivity contribution in [1.29, 1.82) is 0 Å². The monoisotopic (exact) mass is 248 g/mol. The van der Waals surface area contributed by atoms with Crippen molar-refractivity contribution in [2.75, 3.05) is 0 Å². The molecule has 0 fully saturated rings. The lowest BCUT2D eigenvalue weighted by Gasteiger charge is -2.13. The maximum atomic E-state index is 13.5. The highest BCUT2D eigenvalue weighted by molar-refractivity contribution is 5.28. The van der Waals surface area contributed by atoms with Gasteiger partial charge in [0, 0.05) is 6.20 Å². The first-order valence-electron chi connectivity index (χ1n) is 5.69. The van der Waals surface area contributed by atoms with Crippen LogP contribution in [-0.2, 0) is 6.42 Å². The van der Waals surface area contributed by atoms with Gasteiger partial charge in [0.1, 0.15) is 11.6 Å². The number of nitrogens with zero attached hydrogens (tertiary/aromatic N) is 1. The van der Waals surface area contributed by atoms with E-state index in [0.29, 0.717) is 6.42 Å². The van der Waals surface area contributed by atoms with E-state index in [0.717, 1.165) is 11.1 Å². The Morgan fingerprint density at radius 3 is 2.72 bits per heavy atom. The number of hydrogen-bond acceptors (Lipinski definition) is 2. The molecule has 2 rings (SSSR count). The fourth-order valence-corrected chi connectivity index (χ4v) is 1.89. The van der Waals surface area contributed by atoms with Crippen LogP contribution < -0.4 is 5.73 Å². The summed E-state index contributed by atoms with van der Waals surface area (Å²) in [6.45, 7) is 1.81. The average molecular weight is 248 g/mol. The van der Waals surface area contributed by atoms with E-state index in [1.54, 1.807) is 13.0 Å². The summed E-state index contributed by atoms with van der Waals surface area (Å²) in [6.07, 6.45) is 1.94. The summed E-state index contributed by atoms with van der Waals surface area (Å²) < 4.78 is 26.5. The molecule has 0 amide bonds. The lowest BCUT2D eigenvalue weighted by Crippen LogP contribution is -2.17. The maximum absolute atomic E-state index is 13.5. The van der Waals surface area contributed by atoms with Crippen molar-refractivity contribution in [3.8, 4) is 0 Å². The quantitative estimate of drug-likeness (QED) is 0.907. The molecule has 94 valence electrons. The van der Waals surface area contributed by atoms with Crippen LogP contribution in [0.4, 0.5) is 8.78 Å². The molecule has 1 heterocycles. The summed E-state index contributed by atoms with van der Waals surface area (Å²) in [5.41, 5.74) is 7.88. The molecule has 0 aliphatic heterocycles. The molecule has 1 aromatic carbocycles. The Labute approximate surface area is 104 Å². The van der Waals surface area contributed by atoms with E-state index < -0.39 is 11.9 Å². The van der Waals surface area contributed by atoms with Gasteiger partial charge < -0.3 is 5.73 Å². The van der Waals surface area contributed by atoms with E-state index >= 15 is 0 Å². The summed E-state index contributed by atoms with van der Waals surface area (Å²) in [7, 11) is 0. The van der Waals surface area contributed by atoms with E-state index in [1.807, 2.05) is 0 Å². The number of nitrogens with two attached hydrogens (primary N) is 1. The predicted molar refractivity (Wildman–Crippen MR) is 66.0 cm³/mol. The molecule has 0 aliphatic rings. The average Bonchev–Trinajstić information content (AvgIpc) is 2.33. The molecule has 0 spiro atoms. The molecule has 1 unspecified atom stereocenters. The number of rotatable bonds is 3. The summed E-state index contributed by atoms with van der Waals surface area (Å²) in [4.78, 5) is 3.95. The predicted octanol–water partition coefficient (Wildman–Crippen LogP) is 2.91. The molecule has 1 aromatic heterocycles. The molecule has 1 atom stereocenters. The first kappa shape index (κ1) is 12.6. The van der Waals surface area contributed by atoms with Gasteiger partial charge in [0.15, 0.2) is 0 Å². The number of hydrogen-bond donors (Lipinski definition) is 1. The Morgan fingerprint density at radius 1 is 1.28 bits per heavy atom. The molecule has 0 radical (unpaired) electrons. The van der Waals surface area contributed by atoms with Crippen molar-refractivity contribution >= 4 is 0 Å². The number of benzene rings is 1. The minimum atomic E-state index is -0.532. The van der Waals surface area contributed by atoms with Crippen molar-refractivity contribution in [3.05, 3.63) is 65.0 Å². The lowest BCUT2D eigenvalue weighted by atomic mass is 9.99. The topological polar surface area (TPSA) is 38.9 Å². The van der Waals surface area contributed by atoms with E-state index in [9.17, 15) is 8.78 Å². The Morgan fingerprint density at radius 2 is 2.06 bits per heavy atom. The van der Waals surface area contributed by atoms with Gasteiger partial charge >= 0.3 is 0 Å². The number of pyridine rings is 1. The van der Waals surface area contributed by atoms with E-state index in [1.165, 1.54) is 30.5 Å². The van der Waals surface area contributed by atoms with Crippen LogP contribution in [0.25, 0.3) is 0 Å². The van der Waals surface area contributed by atoms with Crippen LogP contribution in [0.3, 0.4) is 0 Å². The van der Waals surface area contributed by atoms with Crippen molar-refractivity contribution in [2.45, 2.75) is 19.4 Å². The highest BCUT2D eigenvalue weighted by Gasteiger charge is 2.14. The number of halogens is 2. The second-order valence-electron chi connectivity index (χ2n) is 4.25.